The van der Waals surface area contributed by atoms with E-state index in [-0.39, 0.29) is 11.9 Å². The standard InChI is InChI=1S/C20H24N2O4/c1-3-15-11-18(21-26-15)20(23)22-14-5-4-13(10-14)19(22)12-25-17-8-6-16(24-2)7-9-17/h6-9,11,13-14,19H,3-5,10,12H2,1-2H3/t13-,14+,19+/m0/s1. The summed E-state index contributed by atoms with van der Waals surface area (Å²) in [4.78, 5) is 15.0. The third kappa shape index (κ3) is 3.04. The summed E-state index contributed by atoms with van der Waals surface area (Å²) in [7, 11) is 1.64. The Hall–Kier alpha value is -2.50. The molecule has 2 aromatic rings. The van der Waals surface area contributed by atoms with Crippen molar-refractivity contribution in [3.8, 4) is 11.5 Å². The van der Waals surface area contributed by atoms with E-state index in [0.29, 0.717) is 24.3 Å². The summed E-state index contributed by atoms with van der Waals surface area (Å²) in [6.07, 6.45) is 4.01. The quantitative estimate of drug-likeness (QED) is 0.794. The van der Waals surface area contributed by atoms with Gasteiger partial charge in [0.2, 0.25) is 0 Å². The number of benzene rings is 1. The van der Waals surface area contributed by atoms with Gasteiger partial charge in [-0.05, 0) is 49.4 Å². The van der Waals surface area contributed by atoms with Crippen LogP contribution in [0, 0.1) is 5.92 Å². The average Bonchev–Trinajstić information content (AvgIpc) is 3.41. The van der Waals surface area contributed by atoms with Crippen LogP contribution in [0.3, 0.4) is 0 Å². The van der Waals surface area contributed by atoms with Crippen LogP contribution in [0.25, 0.3) is 0 Å². The molecule has 4 rings (SSSR count). The zero-order valence-electron chi connectivity index (χ0n) is 15.2. The van der Waals surface area contributed by atoms with Crippen LogP contribution in [-0.2, 0) is 6.42 Å². The van der Waals surface area contributed by atoms with E-state index in [4.69, 9.17) is 14.0 Å². The van der Waals surface area contributed by atoms with Crippen LogP contribution in [-0.4, -0.2) is 41.8 Å². The minimum Gasteiger partial charge on any atom is -0.497 e. The number of hydrogen-bond donors (Lipinski definition) is 0. The number of amides is 1. The fourth-order valence-electron chi connectivity index (χ4n) is 4.19. The molecule has 3 atom stereocenters. The van der Waals surface area contributed by atoms with Crippen molar-refractivity contribution in [1.29, 1.82) is 0 Å². The van der Waals surface area contributed by atoms with Crippen molar-refractivity contribution < 1.29 is 18.8 Å². The van der Waals surface area contributed by atoms with Gasteiger partial charge in [0.1, 0.15) is 23.9 Å². The molecule has 1 aliphatic carbocycles. The van der Waals surface area contributed by atoms with Crippen LogP contribution in [0.4, 0.5) is 0 Å². The summed E-state index contributed by atoms with van der Waals surface area (Å²) in [5, 5.41) is 3.97. The lowest BCUT2D eigenvalue weighted by Crippen LogP contribution is -2.47. The van der Waals surface area contributed by atoms with Crippen molar-refractivity contribution in [2.75, 3.05) is 13.7 Å². The molecule has 2 bridgehead atoms. The minimum absolute atomic E-state index is 0.0380. The largest absolute Gasteiger partial charge is 0.497 e. The number of likely N-dealkylation sites (tertiary alicyclic amines) is 1. The van der Waals surface area contributed by atoms with Crippen LogP contribution in [0.5, 0.6) is 11.5 Å². The lowest BCUT2D eigenvalue weighted by Gasteiger charge is -2.34. The summed E-state index contributed by atoms with van der Waals surface area (Å²) in [6, 6.07) is 9.67. The van der Waals surface area contributed by atoms with Gasteiger partial charge in [0.05, 0.1) is 13.2 Å². The molecule has 6 heteroatoms. The first-order valence-corrected chi connectivity index (χ1v) is 9.24. The van der Waals surface area contributed by atoms with Crippen molar-refractivity contribution in [2.45, 2.75) is 44.7 Å². The Kier molecular flexibility index (Phi) is 4.57. The number of aromatic nitrogens is 1. The number of carbonyl (C=O) groups excluding carboxylic acids is 1. The molecule has 1 aliphatic heterocycles. The van der Waals surface area contributed by atoms with E-state index in [1.54, 1.807) is 13.2 Å². The Labute approximate surface area is 153 Å². The van der Waals surface area contributed by atoms with Crippen LogP contribution >= 0.6 is 0 Å². The second-order valence-corrected chi connectivity index (χ2v) is 7.03. The predicted octanol–water partition coefficient (Wildman–Crippen LogP) is 3.32. The summed E-state index contributed by atoms with van der Waals surface area (Å²) >= 11 is 0. The molecule has 2 aliphatic rings. The zero-order valence-corrected chi connectivity index (χ0v) is 15.2. The SMILES string of the molecule is CCc1cc(C(=O)N2[C@@H]3CC[C@@H](C3)[C@H]2COc2ccc(OC)cc2)no1. The Balaban J connectivity index is 1.47. The van der Waals surface area contributed by atoms with E-state index < -0.39 is 0 Å². The Bertz CT molecular complexity index is 770. The number of carbonyl (C=O) groups is 1. The molecule has 1 saturated carbocycles. The lowest BCUT2D eigenvalue weighted by atomic mass is 9.99. The molecule has 6 nitrogen and oxygen atoms in total. The third-order valence-electron chi connectivity index (χ3n) is 5.58. The van der Waals surface area contributed by atoms with Crippen molar-refractivity contribution in [2.24, 2.45) is 5.92 Å². The highest BCUT2D eigenvalue weighted by atomic mass is 16.5. The molecule has 138 valence electrons. The first-order chi connectivity index (χ1) is 12.7. The first-order valence-electron chi connectivity index (χ1n) is 9.24. The number of aryl methyl sites for hydroxylation is 1. The molecule has 0 unspecified atom stereocenters. The van der Waals surface area contributed by atoms with Gasteiger partial charge in [-0.2, -0.15) is 0 Å². The van der Waals surface area contributed by atoms with Crippen LogP contribution < -0.4 is 9.47 Å². The maximum absolute atomic E-state index is 13.0. The summed E-state index contributed by atoms with van der Waals surface area (Å²) in [6.45, 7) is 2.48. The van der Waals surface area contributed by atoms with E-state index in [9.17, 15) is 4.79 Å². The predicted molar refractivity (Wildman–Crippen MR) is 95.5 cm³/mol. The van der Waals surface area contributed by atoms with Crippen molar-refractivity contribution in [3.63, 3.8) is 0 Å². The van der Waals surface area contributed by atoms with Gasteiger partial charge in [0, 0.05) is 18.5 Å². The maximum Gasteiger partial charge on any atom is 0.276 e. The highest BCUT2D eigenvalue weighted by Crippen LogP contribution is 2.43. The number of piperidine rings is 1. The third-order valence-corrected chi connectivity index (χ3v) is 5.58. The number of fused-ring (bicyclic) bond motifs is 2. The van der Waals surface area contributed by atoms with Crippen molar-refractivity contribution >= 4 is 5.91 Å². The Morgan fingerprint density at radius 1 is 1.27 bits per heavy atom. The highest BCUT2D eigenvalue weighted by Gasteiger charge is 2.49. The summed E-state index contributed by atoms with van der Waals surface area (Å²) < 4.78 is 16.4. The van der Waals surface area contributed by atoms with Crippen molar-refractivity contribution in [1.82, 2.24) is 10.1 Å². The number of hydrogen-bond acceptors (Lipinski definition) is 5. The molecule has 0 spiro atoms. The van der Waals surface area contributed by atoms with Gasteiger partial charge in [0.15, 0.2) is 5.69 Å². The van der Waals surface area contributed by atoms with E-state index in [0.717, 1.165) is 42.9 Å². The molecule has 2 fully saturated rings. The Morgan fingerprint density at radius 3 is 2.73 bits per heavy atom. The molecule has 1 aromatic heterocycles. The van der Waals surface area contributed by atoms with Gasteiger partial charge >= 0.3 is 0 Å². The number of rotatable bonds is 6. The van der Waals surface area contributed by atoms with Crippen LogP contribution in [0.15, 0.2) is 34.9 Å². The van der Waals surface area contributed by atoms with Gasteiger partial charge in [-0.3, -0.25) is 4.79 Å². The van der Waals surface area contributed by atoms with Gasteiger partial charge in [-0.15, -0.1) is 0 Å². The first kappa shape index (κ1) is 16.9. The normalized spacial score (nSPS) is 24.1. The molecule has 0 N–H and O–H groups in total. The Morgan fingerprint density at radius 2 is 2.04 bits per heavy atom. The van der Waals surface area contributed by atoms with E-state index in [1.807, 2.05) is 36.1 Å². The number of ether oxygens (including phenoxy) is 2. The number of nitrogens with zero attached hydrogens (tertiary/aromatic N) is 2. The lowest BCUT2D eigenvalue weighted by molar-refractivity contribution is 0.0496. The van der Waals surface area contributed by atoms with Crippen LogP contribution in [0.2, 0.25) is 0 Å². The number of methoxy groups -OCH3 is 1. The molecule has 26 heavy (non-hydrogen) atoms. The molecule has 1 amide bonds. The van der Waals surface area contributed by atoms with E-state index in [2.05, 4.69) is 5.16 Å². The average molecular weight is 356 g/mol. The van der Waals surface area contributed by atoms with Crippen LogP contribution in [0.1, 0.15) is 42.4 Å². The molecule has 1 saturated heterocycles. The molecule has 1 aromatic carbocycles. The van der Waals surface area contributed by atoms with Gasteiger partial charge in [-0.25, -0.2) is 0 Å². The second-order valence-electron chi connectivity index (χ2n) is 7.03. The fraction of sp³-hybridized carbons (Fsp3) is 0.500. The highest BCUT2D eigenvalue weighted by molar-refractivity contribution is 5.93. The molecule has 2 heterocycles. The molecular weight excluding hydrogens is 332 g/mol. The molecular formula is C20H24N2O4. The van der Waals surface area contributed by atoms with E-state index in [1.165, 1.54) is 0 Å². The summed E-state index contributed by atoms with van der Waals surface area (Å²) in [5.74, 6) is 2.79. The fourth-order valence-corrected chi connectivity index (χ4v) is 4.19. The summed E-state index contributed by atoms with van der Waals surface area (Å²) in [5.41, 5.74) is 0.406. The van der Waals surface area contributed by atoms with Gasteiger partial charge < -0.3 is 18.9 Å². The van der Waals surface area contributed by atoms with Crippen molar-refractivity contribution in [3.05, 3.63) is 41.8 Å². The van der Waals surface area contributed by atoms with Gasteiger partial charge in [-0.1, -0.05) is 12.1 Å². The zero-order chi connectivity index (χ0) is 18.1. The van der Waals surface area contributed by atoms with E-state index >= 15 is 0 Å². The monoisotopic (exact) mass is 356 g/mol. The maximum atomic E-state index is 13.0. The minimum atomic E-state index is -0.0380. The smallest absolute Gasteiger partial charge is 0.276 e. The topological polar surface area (TPSA) is 64.8 Å². The van der Waals surface area contributed by atoms with Gasteiger partial charge in [0.25, 0.3) is 5.91 Å². The second kappa shape index (κ2) is 7.02. The molecule has 0 radical (unpaired) electrons.